The molecule has 0 aliphatic heterocycles. The highest BCUT2D eigenvalue weighted by atomic mass is 127. The summed E-state index contributed by atoms with van der Waals surface area (Å²) < 4.78 is 30.8. The van der Waals surface area contributed by atoms with Crippen molar-refractivity contribution in [3.63, 3.8) is 0 Å². The van der Waals surface area contributed by atoms with Crippen LogP contribution >= 0.6 is 38.5 Å². The first-order valence-electron chi connectivity index (χ1n) is 3.24. The molecule has 0 amide bonds. The van der Waals surface area contributed by atoms with E-state index in [1.807, 2.05) is 22.6 Å². The number of nitrogens with zero attached hydrogens (tertiary/aromatic N) is 1. The summed E-state index contributed by atoms with van der Waals surface area (Å²) in [5, 5.41) is 0. The molecule has 0 atom stereocenters. The summed E-state index contributed by atoms with van der Waals surface area (Å²) in [6, 6.07) is 0. The van der Waals surface area contributed by atoms with Gasteiger partial charge in [-0.1, -0.05) is 0 Å². The summed E-state index contributed by atoms with van der Waals surface area (Å²) in [5.41, 5.74) is -0.324. The fraction of sp³-hybridized carbons (Fsp3) is 0.286. The van der Waals surface area contributed by atoms with Crippen molar-refractivity contribution < 1.29 is 13.5 Å². The molecule has 1 rings (SSSR count). The molecule has 0 spiro atoms. The summed E-state index contributed by atoms with van der Waals surface area (Å²) in [6.45, 7) is 0. The van der Waals surface area contributed by atoms with Crippen molar-refractivity contribution in [3.8, 4) is 5.75 Å². The number of hydrogen-bond acceptors (Lipinski definition) is 2. The molecule has 13 heavy (non-hydrogen) atoms. The summed E-state index contributed by atoms with van der Waals surface area (Å²) in [6.07, 6.45) is -1.28. The Hall–Kier alpha value is 0.0200. The van der Waals surface area contributed by atoms with Crippen LogP contribution < -0.4 is 4.74 Å². The van der Waals surface area contributed by atoms with E-state index in [2.05, 4.69) is 20.9 Å². The Morgan fingerprint density at radius 2 is 2.23 bits per heavy atom. The number of pyridine rings is 1. The van der Waals surface area contributed by atoms with Gasteiger partial charge in [0.1, 0.15) is 5.69 Å². The Bertz CT molecular complexity index is 322. The van der Waals surface area contributed by atoms with E-state index in [4.69, 9.17) is 4.74 Å². The van der Waals surface area contributed by atoms with Crippen LogP contribution in [0.25, 0.3) is 0 Å². The third kappa shape index (κ3) is 2.28. The molecule has 0 fully saturated rings. The highest BCUT2D eigenvalue weighted by Crippen LogP contribution is 2.34. The molecule has 1 heterocycles. The monoisotopic (exact) mass is 363 g/mol. The maximum absolute atomic E-state index is 12.4. The second-order valence-corrected chi connectivity index (χ2v) is 4.07. The molecule has 0 saturated heterocycles. The van der Waals surface area contributed by atoms with Gasteiger partial charge in [-0.25, -0.2) is 8.78 Å². The summed E-state index contributed by atoms with van der Waals surface area (Å²) >= 11 is 5.09. The normalized spacial score (nSPS) is 10.6. The number of methoxy groups -OCH3 is 1. The number of ether oxygens (including phenoxy) is 1. The summed E-state index contributed by atoms with van der Waals surface area (Å²) in [5.74, 6) is 0.130. The van der Waals surface area contributed by atoms with Crippen molar-refractivity contribution in [3.05, 3.63) is 19.9 Å². The molecule has 0 bridgehead atoms. The van der Waals surface area contributed by atoms with Crippen molar-refractivity contribution in [1.82, 2.24) is 4.98 Å². The third-order valence-corrected chi connectivity index (χ3v) is 3.78. The lowest BCUT2D eigenvalue weighted by molar-refractivity contribution is 0.141. The van der Waals surface area contributed by atoms with Gasteiger partial charge in [0.25, 0.3) is 6.43 Å². The van der Waals surface area contributed by atoms with Crippen LogP contribution in [0.3, 0.4) is 0 Å². The van der Waals surface area contributed by atoms with Gasteiger partial charge in [0.05, 0.1) is 15.2 Å². The van der Waals surface area contributed by atoms with Crippen LogP contribution in [0.4, 0.5) is 8.78 Å². The molecule has 0 aliphatic carbocycles. The molecule has 0 radical (unpaired) electrons. The van der Waals surface area contributed by atoms with Crippen LogP contribution in [-0.2, 0) is 0 Å². The van der Waals surface area contributed by atoms with E-state index in [0.29, 0.717) is 8.04 Å². The van der Waals surface area contributed by atoms with Crippen LogP contribution in [0.1, 0.15) is 12.1 Å². The topological polar surface area (TPSA) is 22.1 Å². The predicted molar refractivity (Wildman–Crippen MR) is 56.2 cm³/mol. The molecule has 6 heteroatoms. The molecule has 0 saturated carbocycles. The van der Waals surface area contributed by atoms with Gasteiger partial charge in [-0.05, 0) is 38.5 Å². The van der Waals surface area contributed by atoms with Crippen LogP contribution in [0.2, 0.25) is 0 Å². The van der Waals surface area contributed by atoms with Gasteiger partial charge in [0.2, 0.25) is 0 Å². The highest BCUT2D eigenvalue weighted by Gasteiger charge is 2.19. The van der Waals surface area contributed by atoms with Crippen molar-refractivity contribution >= 4 is 38.5 Å². The molecule has 0 aromatic carbocycles. The molecular formula is C7H5BrF2INO. The van der Waals surface area contributed by atoms with E-state index in [-0.39, 0.29) is 11.4 Å². The highest BCUT2D eigenvalue weighted by molar-refractivity contribution is 14.1. The number of halogens is 4. The molecule has 0 N–H and O–H groups in total. The Labute approximate surface area is 96.0 Å². The van der Waals surface area contributed by atoms with Crippen molar-refractivity contribution in [2.45, 2.75) is 6.43 Å². The van der Waals surface area contributed by atoms with E-state index in [1.165, 1.54) is 13.3 Å². The van der Waals surface area contributed by atoms with Crippen molar-refractivity contribution in [2.24, 2.45) is 0 Å². The van der Waals surface area contributed by atoms with E-state index in [0.717, 1.165) is 0 Å². The lowest BCUT2D eigenvalue weighted by Gasteiger charge is -2.09. The van der Waals surface area contributed by atoms with Gasteiger partial charge in [0.15, 0.2) is 5.75 Å². The van der Waals surface area contributed by atoms with E-state index in [1.54, 1.807) is 0 Å². The lowest BCUT2D eigenvalue weighted by Crippen LogP contribution is -1.99. The first kappa shape index (κ1) is 11.1. The average Bonchev–Trinajstić information content (AvgIpc) is 2.09. The lowest BCUT2D eigenvalue weighted by atomic mass is 10.3. The minimum atomic E-state index is -2.61. The maximum Gasteiger partial charge on any atom is 0.284 e. The summed E-state index contributed by atoms with van der Waals surface area (Å²) in [7, 11) is 1.34. The third-order valence-electron chi connectivity index (χ3n) is 1.37. The number of alkyl halides is 2. The van der Waals surface area contributed by atoms with Crippen molar-refractivity contribution in [1.29, 1.82) is 0 Å². The van der Waals surface area contributed by atoms with Gasteiger partial charge in [-0.15, -0.1) is 0 Å². The minimum absolute atomic E-state index is 0.130. The maximum atomic E-state index is 12.4. The van der Waals surface area contributed by atoms with Crippen molar-refractivity contribution in [2.75, 3.05) is 7.11 Å². The zero-order valence-electron chi connectivity index (χ0n) is 6.52. The fourth-order valence-corrected chi connectivity index (χ4v) is 1.73. The largest absolute Gasteiger partial charge is 0.493 e. The van der Waals surface area contributed by atoms with Crippen LogP contribution in [0.15, 0.2) is 10.7 Å². The smallest absolute Gasteiger partial charge is 0.284 e. The van der Waals surface area contributed by atoms with E-state index in [9.17, 15) is 8.78 Å². The average molecular weight is 364 g/mol. The quantitative estimate of drug-likeness (QED) is 0.751. The molecular weight excluding hydrogens is 359 g/mol. The van der Waals surface area contributed by atoms with Gasteiger partial charge < -0.3 is 4.74 Å². The second kappa shape index (κ2) is 4.50. The first-order valence-corrected chi connectivity index (χ1v) is 5.11. The summed E-state index contributed by atoms with van der Waals surface area (Å²) in [4.78, 5) is 3.58. The SMILES string of the molecule is COc1c(C(F)F)ncc(Br)c1I. The molecule has 72 valence electrons. The van der Waals surface area contributed by atoms with Crippen LogP contribution in [0.5, 0.6) is 5.75 Å². The number of hydrogen-bond donors (Lipinski definition) is 0. The standard InChI is InChI=1S/C7H5BrF2INO/c1-13-6-4(11)3(8)2-12-5(6)7(9)10/h2,7H,1H3. The molecule has 0 aliphatic rings. The fourth-order valence-electron chi connectivity index (χ4n) is 0.812. The van der Waals surface area contributed by atoms with E-state index >= 15 is 0 Å². The molecule has 1 aromatic rings. The van der Waals surface area contributed by atoms with Crippen LogP contribution in [0, 0.1) is 3.57 Å². The van der Waals surface area contributed by atoms with Gasteiger partial charge in [0, 0.05) is 6.20 Å². The second-order valence-electron chi connectivity index (χ2n) is 2.14. The van der Waals surface area contributed by atoms with E-state index < -0.39 is 6.43 Å². The minimum Gasteiger partial charge on any atom is -0.493 e. The van der Waals surface area contributed by atoms with Gasteiger partial charge in [-0.2, -0.15) is 0 Å². The van der Waals surface area contributed by atoms with Crippen LogP contribution in [-0.4, -0.2) is 12.1 Å². The Kier molecular flexibility index (Phi) is 3.84. The Balaban J connectivity index is 3.30. The number of aromatic nitrogens is 1. The van der Waals surface area contributed by atoms with Gasteiger partial charge >= 0.3 is 0 Å². The zero-order valence-corrected chi connectivity index (χ0v) is 10.3. The molecule has 2 nitrogen and oxygen atoms in total. The zero-order chi connectivity index (χ0) is 10.0. The molecule has 0 unspecified atom stereocenters. The Morgan fingerprint density at radius 1 is 1.62 bits per heavy atom. The first-order chi connectivity index (χ1) is 6.07. The Morgan fingerprint density at radius 3 is 2.69 bits per heavy atom. The number of rotatable bonds is 2. The van der Waals surface area contributed by atoms with Gasteiger partial charge in [-0.3, -0.25) is 4.98 Å². The molecule has 1 aromatic heterocycles. The predicted octanol–water partition coefficient (Wildman–Crippen LogP) is 3.39.